The van der Waals surface area contributed by atoms with Gasteiger partial charge in [-0.05, 0) is 23.3 Å². The monoisotopic (exact) mass is 328 g/mol. The summed E-state index contributed by atoms with van der Waals surface area (Å²) >= 11 is 0. The lowest BCUT2D eigenvalue weighted by molar-refractivity contribution is 0.1000. The summed E-state index contributed by atoms with van der Waals surface area (Å²) in [4.78, 5) is 20.7. The van der Waals surface area contributed by atoms with E-state index < -0.39 is 0 Å². The van der Waals surface area contributed by atoms with Crippen molar-refractivity contribution >= 4 is 11.6 Å². The predicted molar refractivity (Wildman–Crippen MR) is 96.0 cm³/mol. The number of hydrogen-bond donors (Lipinski definition) is 0. The van der Waals surface area contributed by atoms with Gasteiger partial charge in [0.05, 0.1) is 5.71 Å². The lowest BCUT2D eigenvalue weighted by Gasteiger charge is -2.15. The van der Waals surface area contributed by atoms with Crippen molar-refractivity contribution in [3.63, 3.8) is 0 Å². The van der Waals surface area contributed by atoms with Crippen LogP contribution in [-0.4, -0.2) is 16.6 Å². The lowest BCUT2D eigenvalue weighted by atomic mass is 9.95. The third-order valence-electron chi connectivity index (χ3n) is 4.14. The van der Waals surface area contributed by atoms with E-state index in [9.17, 15) is 4.79 Å². The van der Waals surface area contributed by atoms with Crippen molar-refractivity contribution in [3.8, 4) is 5.88 Å². The Kier molecular flexibility index (Phi) is 4.09. The molecule has 3 aromatic rings. The smallest absolute Gasteiger partial charge is 0.277 e. The molecule has 0 atom stereocenters. The molecule has 4 heteroatoms. The molecule has 0 unspecified atom stereocenters. The minimum absolute atomic E-state index is 0.194. The Morgan fingerprint density at radius 2 is 1.76 bits per heavy atom. The van der Waals surface area contributed by atoms with Gasteiger partial charge < -0.3 is 4.74 Å². The zero-order valence-electron chi connectivity index (χ0n) is 13.6. The molecule has 0 fully saturated rings. The molecule has 0 saturated carbocycles. The SMILES string of the molecule is O=C1N=C(c2ccnc(OCc3ccccc3)c2)Cc2ccccc21. The van der Waals surface area contributed by atoms with Gasteiger partial charge in [0.1, 0.15) is 6.61 Å². The fourth-order valence-electron chi connectivity index (χ4n) is 2.85. The number of amides is 1. The van der Waals surface area contributed by atoms with Gasteiger partial charge in [0.2, 0.25) is 5.88 Å². The first-order valence-electron chi connectivity index (χ1n) is 8.12. The second-order valence-electron chi connectivity index (χ2n) is 5.85. The summed E-state index contributed by atoms with van der Waals surface area (Å²) in [6.45, 7) is 0.450. The molecule has 0 bridgehead atoms. The normalized spacial score (nSPS) is 13.1. The van der Waals surface area contributed by atoms with Crippen LogP contribution in [0.15, 0.2) is 77.9 Å². The highest BCUT2D eigenvalue weighted by molar-refractivity contribution is 6.15. The highest BCUT2D eigenvalue weighted by atomic mass is 16.5. The number of carbonyl (C=O) groups excluding carboxylic acids is 1. The number of hydrogen-bond acceptors (Lipinski definition) is 3. The van der Waals surface area contributed by atoms with Crippen LogP contribution in [0, 0.1) is 0 Å². The van der Waals surface area contributed by atoms with Crippen LogP contribution in [0.2, 0.25) is 0 Å². The van der Waals surface area contributed by atoms with E-state index in [1.165, 1.54) is 0 Å². The fourth-order valence-corrected chi connectivity index (χ4v) is 2.85. The molecule has 25 heavy (non-hydrogen) atoms. The molecule has 0 aliphatic carbocycles. The van der Waals surface area contributed by atoms with Gasteiger partial charge in [-0.2, -0.15) is 0 Å². The molecule has 2 aromatic carbocycles. The van der Waals surface area contributed by atoms with Crippen LogP contribution in [0.5, 0.6) is 5.88 Å². The summed E-state index contributed by atoms with van der Waals surface area (Å²) < 4.78 is 5.77. The van der Waals surface area contributed by atoms with E-state index in [1.54, 1.807) is 6.20 Å². The number of carbonyl (C=O) groups is 1. The van der Waals surface area contributed by atoms with Crippen molar-refractivity contribution in [2.45, 2.75) is 13.0 Å². The summed E-state index contributed by atoms with van der Waals surface area (Å²) in [6, 6.07) is 21.2. The summed E-state index contributed by atoms with van der Waals surface area (Å²) in [5.74, 6) is 0.329. The van der Waals surface area contributed by atoms with Crippen LogP contribution in [0.1, 0.15) is 27.0 Å². The first kappa shape index (κ1) is 15.3. The zero-order chi connectivity index (χ0) is 17.1. The molecule has 0 saturated heterocycles. The number of ether oxygens (including phenoxy) is 1. The molecular weight excluding hydrogens is 312 g/mol. The Morgan fingerprint density at radius 3 is 2.64 bits per heavy atom. The van der Waals surface area contributed by atoms with Gasteiger partial charge in [-0.25, -0.2) is 9.98 Å². The van der Waals surface area contributed by atoms with Crippen LogP contribution in [0.3, 0.4) is 0 Å². The maximum Gasteiger partial charge on any atom is 0.277 e. The lowest BCUT2D eigenvalue weighted by Crippen LogP contribution is -2.17. The van der Waals surface area contributed by atoms with E-state index >= 15 is 0 Å². The molecule has 1 aromatic heterocycles. The largest absolute Gasteiger partial charge is 0.473 e. The first-order chi connectivity index (χ1) is 12.3. The van der Waals surface area contributed by atoms with Crippen molar-refractivity contribution in [1.82, 2.24) is 4.98 Å². The average Bonchev–Trinajstić information content (AvgIpc) is 2.67. The van der Waals surface area contributed by atoms with Crippen molar-refractivity contribution in [3.05, 3.63) is 95.2 Å². The number of benzene rings is 2. The predicted octanol–water partition coefficient (Wildman–Crippen LogP) is 3.85. The van der Waals surface area contributed by atoms with Gasteiger partial charge in [-0.3, -0.25) is 4.79 Å². The van der Waals surface area contributed by atoms with Gasteiger partial charge in [-0.1, -0.05) is 48.5 Å². The third-order valence-corrected chi connectivity index (χ3v) is 4.14. The summed E-state index contributed by atoms with van der Waals surface area (Å²) in [5, 5.41) is 0. The number of fused-ring (bicyclic) bond motifs is 1. The van der Waals surface area contributed by atoms with Gasteiger partial charge in [0.25, 0.3) is 5.91 Å². The second-order valence-corrected chi connectivity index (χ2v) is 5.85. The van der Waals surface area contributed by atoms with Gasteiger partial charge in [-0.15, -0.1) is 0 Å². The van der Waals surface area contributed by atoms with Crippen LogP contribution in [0.25, 0.3) is 0 Å². The van der Waals surface area contributed by atoms with Crippen LogP contribution < -0.4 is 4.74 Å². The highest BCUT2D eigenvalue weighted by Crippen LogP contribution is 2.21. The molecule has 0 spiro atoms. The fraction of sp³-hybridized carbons (Fsp3) is 0.0952. The summed E-state index contributed by atoms with van der Waals surface area (Å²) in [6.07, 6.45) is 2.31. The average molecular weight is 328 g/mol. The molecule has 2 heterocycles. The van der Waals surface area contributed by atoms with Crippen LogP contribution >= 0.6 is 0 Å². The standard InChI is InChI=1S/C21H16N2O2/c24-21-18-9-5-4-8-16(18)12-19(23-21)17-10-11-22-20(13-17)25-14-15-6-2-1-3-7-15/h1-11,13H,12,14H2. The molecule has 1 aliphatic heterocycles. The number of aliphatic imine (C=N–C) groups is 1. The third kappa shape index (κ3) is 3.33. The quantitative estimate of drug-likeness (QED) is 0.731. The number of rotatable bonds is 4. The highest BCUT2D eigenvalue weighted by Gasteiger charge is 2.20. The Morgan fingerprint density at radius 1 is 0.960 bits per heavy atom. The Labute approximate surface area is 145 Å². The van der Waals surface area contributed by atoms with Gasteiger partial charge >= 0.3 is 0 Å². The van der Waals surface area contributed by atoms with Gasteiger partial charge in [0.15, 0.2) is 0 Å². The van der Waals surface area contributed by atoms with E-state index in [-0.39, 0.29) is 5.91 Å². The molecular formula is C21H16N2O2. The maximum absolute atomic E-state index is 12.2. The molecule has 4 nitrogen and oxygen atoms in total. The minimum Gasteiger partial charge on any atom is -0.473 e. The van der Waals surface area contributed by atoms with Crippen molar-refractivity contribution in [2.75, 3.05) is 0 Å². The minimum atomic E-state index is -0.194. The molecule has 0 radical (unpaired) electrons. The van der Waals surface area contributed by atoms with Crippen molar-refractivity contribution < 1.29 is 9.53 Å². The summed E-state index contributed by atoms with van der Waals surface area (Å²) in [5.41, 5.74) is 4.37. The van der Waals surface area contributed by atoms with E-state index in [2.05, 4.69) is 9.98 Å². The van der Waals surface area contributed by atoms with Crippen molar-refractivity contribution in [1.29, 1.82) is 0 Å². The number of pyridine rings is 1. The van der Waals surface area contributed by atoms with E-state index in [4.69, 9.17) is 4.74 Å². The second kappa shape index (κ2) is 6.69. The van der Waals surface area contributed by atoms with Crippen molar-refractivity contribution in [2.24, 2.45) is 4.99 Å². The van der Waals surface area contributed by atoms with E-state index in [1.807, 2.05) is 66.7 Å². The summed E-state index contributed by atoms with van der Waals surface area (Å²) in [7, 11) is 0. The Hall–Kier alpha value is -3.27. The molecule has 122 valence electrons. The topological polar surface area (TPSA) is 51.5 Å². The maximum atomic E-state index is 12.2. The van der Waals surface area contributed by atoms with E-state index in [0.29, 0.717) is 24.5 Å². The Balaban J connectivity index is 1.55. The number of nitrogens with zero attached hydrogens (tertiary/aromatic N) is 2. The molecule has 4 rings (SSSR count). The zero-order valence-corrected chi connectivity index (χ0v) is 13.6. The van der Waals surface area contributed by atoms with Gasteiger partial charge in [0, 0.05) is 29.8 Å². The number of aromatic nitrogens is 1. The molecule has 1 aliphatic rings. The first-order valence-corrected chi connectivity index (χ1v) is 8.12. The van der Waals surface area contributed by atoms with Crippen LogP contribution in [0.4, 0.5) is 0 Å². The Bertz CT molecular complexity index is 949. The van der Waals surface area contributed by atoms with Crippen LogP contribution in [-0.2, 0) is 13.0 Å². The van der Waals surface area contributed by atoms with E-state index in [0.717, 1.165) is 22.4 Å². The molecule has 1 amide bonds. The molecule has 0 N–H and O–H groups in total.